The van der Waals surface area contributed by atoms with Crippen LogP contribution in [0.1, 0.15) is 54.6 Å². The van der Waals surface area contributed by atoms with Gasteiger partial charge in [0.05, 0.1) is 12.5 Å². The SMILES string of the molecule is CC/C=C(\C)Cc1c(O)ccc([C@H]2COc3cc(O)cc(O)c3C2=O)c1OCC. The minimum atomic E-state index is -0.700. The second kappa shape index (κ2) is 8.47. The molecule has 1 aliphatic heterocycles. The molecule has 1 heterocycles. The maximum Gasteiger partial charge on any atom is 0.181 e. The minimum Gasteiger partial charge on any atom is -0.508 e. The summed E-state index contributed by atoms with van der Waals surface area (Å²) in [6, 6.07) is 5.66. The highest BCUT2D eigenvalue weighted by atomic mass is 16.5. The first kappa shape index (κ1) is 20.6. The summed E-state index contributed by atoms with van der Waals surface area (Å²) >= 11 is 0. The summed E-state index contributed by atoms with van der Waals surface area (Å²) < 4.78 is 11.5. The number of ether oxygens (including phenoxy) is 2. The molecule has 154 valence electrons. The number of carbonyl (C=O) groups excluding carboxylic acids is 1. The van der Waals surface area contributed by atoms with Gasteiger partial charge in [-0.15, -0.1) is 0 Å². The van der Waals surface area contributed by atoms with Crippen LogP contribution in [0.25, 0.3) is 0 Å². The second-order valence-electron chi connectivity index (χ2n) is 7.12. The zero-order valence-electron chi connectivity index (χ0n) is 16.9. The highest BCUT2D eigenvalue weighted by Crippen LogP contribution is 2.44. The van der Waals surface area contributed by atoms with E-state index in [9.17, 15) is 20.1 Å². The number of allylic oxidation sites excluding steroid dienone is 2. The van der Waals surface area contributed by atoms with Crippen LogP contribution in [0.4, 0.5) is 0 Å². The maximum absolute atomic E-state index is 13.2. The Morgan fingerprint density at radius 1 is 1.21 bits per heavy atom. The Morgan fingerprint density at radius 2 is 1.97 bits per heavy atom. The standard InChI is InChI=1S/C23H26O6/c1-4-6-13(3)9-16-18(25)8-7-15(23(16)28-5-2)17-12-29-20-11-14(24)10-19(26)21(20)22(17)27/h6-8,10-11,17,24-26H,4-5,9,12H2,1-3H3/b13-6+/t17-/m1/s1. The fraction of sp³-hybridized carbons (Fsp3) is 0.348. The van der Waals surface area contributed by atoms with E-state index in [4.69, 9.17) is 9.47 Å². The third-order valence-electron chi connectivity index (χ3n) is 4.97. The van der Waals surface area contributed by atoms with Crippen molar-refractivity contribution in [3.63, 3.8) is 0 Å². The summed E-state index contributed by atoms with van der Waals surface area (Å²) in [5, 5.41) is 30.3. The van der Waals surface area contributed by atoms with Crippen molar-refractivity contribution >= 4 is 5.78 Å². The number of aromatic hydroxyl groups is 3. The van der Waals surface area contributed by atoms with Gasteiger partial charge in [-0.25, -0.2) is 0 Å². The number of fused-ring (bicyclic) bond motifs is 1. The van der Waals surface area contributed by atoms with E-state index in [1.807, 2.05) is 20.8 Å². The predicted molar refractivity (Wildman–Crippen MR) is 109 cm³/mol. The molecule has 0 saturated carbocycles. The Bertz CT molecular complexity index is 960. The van der Waals surface area contributed by atoms with Gasteiger partial charge in [-0.3, -0.25) is 4.79 Å². The smallest absolute Gasteiger partial charge is 0.181 e. The van der Waals surface area contributed by atoms with Crippen LogP contribution < -0.4 is 9.47 Å². The normalized spacial score (nSPS) is 16.3. The molecular formula is C23H26O6. The lowest BCUT2D eigenvalue weighted by Crippen LogP contribution is -2.27. The lowest BCUT2D eigenvalue weighted by Gasteiger charge is -2.27. The molecule has 0 aromatic heterocycles. The van der Waals surface area contributed by atoms with E-state index in [0.29, 0.717) is 29.9 Å². The summed E-state index contributed by atoms with van der Waals surface area (Å²) in [5.41, 5.74) is 2.36. The predicted octanol–water partition coefficient (Wildman–Crippen LogP) is 4.46. The Morgan fingerprint density at radius 3 is 2.66 bits per heavy atom. The zero-order chi connectivity index (χ0) is 21.1. The summed E-state index contributed by atoms with van der Waals surface area (Å²) in [6.07, 6.45) is 3.46. The molecule has 0 unspecified atom stereocenters. The number of Topliss-reactive ketones (excluding diaryl/α,β-unsaturated/α-hetero) is 1. The Kier molecular flexibility index (Phi) is 6.01. The van der Waals surface area contributed by atoms with Crippen LogP contribution in [0.5, 0.6) is 28.7 Å². The first-order valence-corrected chi connectivity index (χ1v) is 9.73. The van der Waals surface area contributed by atoms with Crippen LogP contribution in [-0.4, -0.2) is 34.3 Å². The molecule has 0 saturated heterocycles. The Balaban J connectivity index is 2.08. The van der Waals surface area contributed by atoms with Gasteiger partial charge in [0.15, 0.2) is 5.78 Å². The van der Waals surface area contributed by atoms with Crippen molar-refractivity contribution in [3.05, 3.63) is 52.6 Å². The molecule has 0 bridgehead atoms. The highest BCUT2D eigenvalue weighted by Gasteiger charge is 2.35. The first-order chi connectivity index (χ1) is 13.9. The average molecular weight is 398 g/mol. The molecular weight excluding hydrogens is 372 g/mol. The lowest BCUT2D eigenvalue weighted by molar-refractivity contribution is 0.0889. The molecule has 0 radical (unpaired) electrons. The van der Waals surface area contributed by atoms with Gasteiger partial charge in [-0.1, -0.05) is 24.6 Å². The molecule has 29 heavy (non-hydrogen) atoms. The number of phenolic OH excluding ortho intramolecular Hbond substituents is 3. The first-order valence-electron chi connectivity index (χ1n) is 9.73. The number of ketones is 1. The van der Waals surface area contributed by atoms with Gasteiger partial charge in [-0.05, 0) is 26.3 Å². The molecule has 3 rings (SSSR count). The van der Waals surface area contributed by atoms with Crippen molar-refractivity contribution in [2.75, 3.05) is 13.2 Å². The minimum absolute atomic E-state index is 0.0400. The van der Waals surface area contributed by atoms with E-state index in [2.05, 4.69) is 6.08 Å². The quantitative estimate of drug-likeness (QED) is 0.622. The van der Waals surface area contributed by atoms with E-state index < -0.39 is 5.92 Å². The molecule has 3 N–H and O–H groups in total. The van der Waals surface area contributed by atoms with Crippen LogP contribution >= 0.6 is 0 Å². The summed E-state index contributed by atoms with van der Waals surface area (Å²) in [4.78, 5) is 13.2. The zero-order valence-corrected chi connectivity index (χ0v) is 16.9. The molecule has 2 aromatic carbocycles. The maximum atomic E-state index is 13.2. The van der Waals surface area contributed by atoms with Crippen molar-refractivity contribution < 1.29 is 29.6 Å². The highest BCUT2D eigenvalue weighted by molar-refractivity contribution is 6.07. The lowest BCUT2D eigenvalue weighted by atomic mass is 9.86. The van der Waals surface area contributed by atoms with Crippen LogP contribution in [0.2, 0.25) is 0 Å². The van der Waals surface area contributed by atoms with Crippen molar-refractivity contribution in [2.45, 2.75) is 39.5 Å². The van der Waals surface area contributed by atoms with Crippen LogP contribution in [0.15, 0.2) is 35.9 Å². The third-order valence-corrected chi connectivity index (χ3v) is 4.97. The van der Waals surface area contributed by atoms with Gasteiger partial charge in [-0.2, -0.15) is 0 Å². The van der Waals surface area contributed by atoms with Crippen molar-refractivity contribution in [1.29, 1.82) is 0 Å². The van der Waals surface area contributed by atoms with Crippen LogP contribution in [-0.2, 0) is 6.42 Å². The van der Waals surface area contributed by atoms with E-state index >= 15 is 0 Å². The van der Waals surface area contributed by atoms with Crippen molar-refractivity contribution in [2.24, 2.45) is 0 Å². The van der Waals surface area contributed by atoms with Gasteiger partial charge in [0, 0.05) is 29.7 Å². The molecule has 1 atom stereocenters. The fourth-order valence-electron chi connectivity index (χ4n) is 3.70. The summed E-state index contributed by atoms with van der Waals surface area (Å²) in [5.74, 6) is -0.779. The topological polar surface area (TPSA) is 96.2 Å². The third kappa shape index (κ3) is 4.01. The van der Waals surface area contributed by atoms with Crippen LogP contribution in [0, 0.1) is 0 Å². The summed E-state index contributed by atoms with van der Waals surface area (Å²) in [6.45, 7) is 6.29. The average Bonchev–Trinajstić information content (AvgIpc) is 2.65. The number of hydrogen-bond acceptors (Lipinski definition) is 6. The number of hydrogen-bond donors (Lipinski definition) is 3. The largest absolute Gasteiger partial charge is 0.508 e. The van der Waals surface area contributed by atoms with E-state index in [0.717, 1.165) is 18.1 Å². The number of benzene rings is 2. The monoisotopic (exact) mass is 398 g/mol. The fourth-order valence-corrected chi connectivity index (χ4v) is 3.70. The van der Waals surface area contributed by atoms with Gasteiger partial charge >= 0.3 is 0 Å². The summed E-state index contributed by atoms with van der Waals surface area (Å²) in [7, 11) is 0. The molecule has 0 fully saturated rings. The van der Waals surface area contributed by atoms with Crippen molar-refractivity contribution in [3.8, 4) is 28.7 Å². The van der Waals surface area contributed by atoms with E-state index in [1.165, 1.54) is 6.07 Å². The Labute approximate surface area is 170 Å². The molecule has 6 heteroatoms. The van der Waals surface area contributed by atoms with Gasteiger partial charge in [0.25, 0.3) is 0 Å². The van der Waals surface area contributed by atoms with Crippen molar-refractivity contribution in [1.82, 2.24) is 0 Å². The number of phenols is 3. The number of carbonyl (C=O) groups is 1. The number of rotatable bonds is 6. The molecule has 0 amide bonds. The molecule has 0 aliphatic carbocycles. The molecule has 0 spiro atoms. The van der Waals surface area contributed by atoms with Gasteiger partial charge in [0.2, 0.25) is 0 Å². The molecule has 2 aromatic rings. The van der Waals surface area contributed by atoms with Crippen LogP contribution in [0.3, 0.4) is 0 Å². The second-order valence-corrected chi connectivity index (χ2v) is 7.12. The van der Waals surface area contributed by atoms with Gasteiger partial charge < -0.3 is 24.8 Å². The molecule has 1 aliphatic rings. The van der Waals surface area contributed by atoms with E-state index in [1.54, 1.807) is 12.1 Å². The van der Waals surface area contributed by atoms with Gasteiger partial charge in [0.1, 0.15) is 40.9 Å². The Hall–Kier alpha value is -3.15. The van der Waals surface area contributed by atoms with E-state index in [-0.39, 0.29) is 41.0 Å². The molecule has 6 nitrogen and oxygen atoms in total.